The van der Waals surface area contributed by atoms with E-state index in [1.807, 2.05) is 0 Å². The molecular formula is C12H23N3O2. The molecule has 0 aromatic heterocycles. The summed E-state index contributed by atoms with van der Waals surface area (Å²) < 4.78 is 5.63. The minimum absolute atomic E-state index is 0.263. The summed E-state index contributed by atoms with van der Waals surface area (Å²) >= 11 is 0. The summed E-state index contributed by atoms with van der Waals surface area (Å²) in [6.07, 6.45) is 3.67. The van der Waals surface area contributed by atoms with E-state index in [2.05, 4.69) is 11.8 Å². The lowest BCUT2D eigenvalue weighted by Crippen LogP contribution is -2.51. The number of hydrogen-bond acceptors (Lipinski definition) is 4. The van der Waals surface area contributed by atoms with Gasteiger partial charge in [-0.15, -0.1) is 0 Å². The summed E-state index contributed by atoms with van der Waals surface area (Å²) in [4.78, 5) is 13.7. The average molecular weight is 241 g/mol. The first-order chi connectivity index (χ1) is 8.01. The van der Waals surface area contributed by atoms with E-state index in [4.69, 9.17) is 16.2 Å². The normalized spacial score (nSPS) is 40.1. The van der Waals surface area contributed by atoms with E-state index in [1.54, 1.807) is 0 Å². The number of nitrogens with zero attached hydrogens (tertiary/aromatic N) is 1. The molecule has 5 heteroatoms. The van der Waals surface area contributed by atoms with E-state index in [1.165, 1.54) is 0 Å². The zero-order valence-electron chi connectivity index (χ0n) is 10.5. The van der Waals surface area contributed by atoms with Crippen LogP contribution in [0.3, 0.4) is 0 Å². The number of hydrogen-bond donors (Lipinski definition) is 2. The molecule has 0 spiro atoms. The maximum atomic E-state index is 11.3. The quantitative estimate of drug-likeness (QED) is 0.703. The second kappa shape index (κ2) is 4.92. The standard InChI is InChI=1S/C12H23N3O2/c1-9-8-15(5-2-6-17-9)10-3-4-12(14,7-10)11(13)16/h9-10H,2-8,14H2,1H3,(H2,13,16). The van der Waals surface area contributed by atoms with Crippen LogP contribution in [0, 0.1) is 0 Å². The van der Waals surface area contributed by atoms with Crippen molar-refractivity contribution in [2.45, 2.75) is 50.3 Å². The smallest absolute Gasteiger partial charge is 0.237 e. The molecule has 5 nitrogen and oxygen atoms in total. The molecule has 98 valence electrons. The fourth-order valence-corrected chi connectivity index (χ4v) is 2.94. The Morgan fingerprint density at radius 1 is 1.53 bits per heavy atom. The SMILES string of the molecule is CC1CN(C2CCC(N)(C(N)=O)C2)CCCO1. The zero-order valence-corrected chi connectivity index (χ0v) is 10.5. The van der Waals surface area contributed by atoms with Gasteiger partial charge in [-0.3, -0.25) is 9.69 Å². The summed E-state index contributed by atoms with van der Waals surface area (Å²) in [6.45, 7) is 4.88. The molecule has 2 fully saturated rings. The fraction of sp³-hybridized carbons (Fsp3) is 0.917. The lowest BCUT2D eigenvalue weighted by atomic mass is 9.98. The van der Waals surface area contributed by atoms with Gasteiger partial charge < -0.3 is 16.2 Å². The minimum Gasteiger partial charge on any atom is -0.377 e. The molecule has 0 aromatic rings. The second-order valence-electron chi connectivity index (χ2n) is 5.45. The molecular weight excluding hydrogens is 218 g/mol. The van der Waals surface area contributed by atoms with Crippen LogP contribution in [0.4, 0.5) is 0 Å². The number of carbonyl (C=O) groups is 1. The van der Waals surface area contributed by atoms with Crippen LogP contribution in [-0.2, 0) is 9.53 Å². The third-order valence-electron chi connectivity index (χ3n) is 4.01. The zero-order chi connectivity index (χ0) is 12.5. The fourth-order valence-electron chi connectivity index (χ4n) is 2.94. The van der Waals surface area contributed by atoms with Crippen LogP contribution in [-0.4, -0.2) is 48.2 Å². The predicted octanol–water partition coefficient (Wildman–Crippen LogP) is -0.167. The van der Waals surface area contributed by atoms with Crippen molar-refractivity contribution in [3.63, 3.8) is 0 Å². The van der Waals surface area contributed by atoms with Gasteiger partial charge in [0.1, 0.15) is 0 Å². The van der Waals surface area contributed by atoms with Crippen LogP contribution in [0.5, 0.6) is 0 Å². The third-order valence-corrected chi connectivity index (χ3v) is 4.01. The Balaban J connectivity index is 1.97. The van der Waals surface area contributed by atoms with Crippen molar-refractivity contribution in [2.24, 2.45) is 11.5 Å². The van der Waals surface area contributed by atoms with E-state index in [0.29, 0.717) is 18.9 Å². The van der Waals surface area contributed by atoms with Crippen molar-refractivity contribution < 1.29 is 9.53 Å². The number of nitrogens with two attached hydrogens (primary N) is 2. The van der Waals surface area contributed by atoms with Gasteiger partial charge in [0.15, 0.2) is 0 Å². The first kappa shape index (κ1) is 12.8. The van der Waals surface area contributed by atoms with Gasteiger partial charge in [0.25, 0.3) is 0 Å². The molecule has 2 rings (SSSR count). The van der Waals surface area contributed by atoms with E-state index in [-0.39, 0.29) is 12.0 Å². The Hall–Kier alpha value is -0.650. The van der Waals surface area contributed by atoms with Crippen molar-refractivity contribution in [2.75, 3.05) is 19.7 Å². The van der Waals surface area contributed by atoms with Gasteiger partial charge in [0.2, 0.25) is 5.91 Å². The van der Waals surface area contributed by atoms with E-state index < -0.39 is 5.54 Å². The summed E-state index contributed by atoms with van der Waals surface area (Å²) in [5.74, 6) is -0.362. The molecule has 1 saturated heterocycles. The Morgan fingerprint density at radius 2 is 2.29 bits per heavy atom. The van der Waals surface area contributed by atoms with Crippen molar-refractivity contribution in [1.82, 2.24) is 4.90 Å². The van der Waals surface area contributed by atoms with Crippen molar-refractivity contribution in [3.05, 3.63) is 0 Å². The average Bonchev–Trinajstić information content (AvgIpc) is 2.54. The first-order valence-electron chi connectivity index (χ1n) is 6.46. The predicted molar refractivity (Wildman–Crippen MR) is 65.4 cm³/mol. The largest absolute Gasteiger partial charge is 0.377 e. The molecule has 1 saturated carbocycles. The summed E-state index contributed by atoms with van der Waals surface area (Å²) in [7, 11) is 0. The lowest BCUT2D eigenvalue weighted by Gasteiger charge is -2.29. The molecule has 0 aromatic carbocycles. The Morgan fingerprint density at radius 3 is 2.94 bits per heavy atom. The molecule has 3 unspecified atom stereocenters. The molecule has 2 aliphatic rings. The molecule has 1 aliphatic carbocycles. The van der Waals surface area contributed by atoms with Crippen LogP contribution < -0.4 is 11.5 Å². The highest BCUT2D eigenvalue weighted by Crippen LogP contribution is 2.31. The van der Waals surface area contributed by atoms with Crippen LogP contribution >= 0.6 is 0 Å². The molecule has 0 radical (unpaired) electrons. The number of carbonyl (C=O) groups excluding carboxylic acids is 1. The summed E-state index contributed by atoms with van der Waals surface area (Å²) in [5, 5.41) is 0. The highest BCUT2D eigenvalue weighted by atomic mass is 16.5. The number of amides is 1. The molecule has 1 amide bonds. The Labute approximate surface area is 102 Å². The number of rotatable bonds is 2. The highest BCUT2D eigenvalue weighted by molar-refractivity contribution is 5.84. The van der Waals surface area contributed by atoms with Crippen molar-refractivity contribution in [1.29, 1.82) is 0 Å². The van der Waals surface area contributed by atoms with Gasteiger partial charge in [0.05, 0.1) is 11.6 Å². The number of ether oxygens (including phenoxy) is 1. The van der Waals surface area contributed by atoms with Crippen LogP contribution in [0.2, 0.25) is 0 Å². The van der Waals surface area contributed by atoms with Gasteiger partial charge in [0, 0.05) is 25.7 Å². The van der Waals surface area contributed by atoms with Gasteiger partial charge in [-0.2, -0.15) is 0 Å². The highest BCUT2D eigenvalue weighted by Gasteiger charge is 2.42. The van der Waals surface area contributed by atoms with Crippen LogP contribution in [0.25, 0.3) is 0 Å². The maximum Gasteiger partial charge on any atom is 0.237 e. The summed E-state index contributed by atoms with van der Waals surface area (Å²) in [6, 6.07) is 0.386. The van der Waals surface area contributed by atoms with Crippen molar-refractivity contribution >= 4 is 5.91 Å². The summed E-state index contributed by atoms with van der Waals surface area (Å²) in [5.41, 5.74) is 10.6. The minimum atomic E-state index is -0.791. The van der Waals surface area contributed by atoms with Crippen LogP contribution in [0.1, 0.15) is 32.6 Å². The van der Waals surface area contributed by atoms with Gasteiger partial charge in [-0.1, -0.05) is 0 Å². The molecule has 4 N–H and O–H groups in total. The molecule has 0 bridgehead atoms. The van der Waals surface area contributed by atoms with Crippen molar-refractivity contribution in [3.8, 4) is 0 Å². The van der Waals surface area contributed by atoms with E-state index >= 15 is 0 Å². The van der Waals surface area contributed by atoms with Gasteiger partial charge in [-0.25, -0.2) is 0 Å². The third kappa shape index (κ3) is 2.78. The second-order valence-corrected chi connectivity index (χ2v) is 5.45. The topological polar surface area (TPSA) is 81.6 Å². The van der Waals surface area contributed by atoms with Crippen LogP contribution in [0.15, 0.2) is 0 Å². The molecule has 1 aliphatic heterocycles. The van der Waals surface area contributed by atoms with E-state index in [9.17, 15) is 4.79 Å². The Bertz CT molecular complexity index is 297. The molecule has 3 atom stereocenters. The monoisotopic (exact) mass is 241 g/mol. The molecule has 17 heavy (non-hydrogen) atoms. The number of primary amides is 1. The maximum absolute atomic E-state index is 11.3. The van der Waals surface area contributed by atoms with E-state index in [0.717, 1.165) is 32.5 Å². The molecule has 1 heterocycles. The lowest BCUT2D eigenvalue weighted by molar-refractivity contribution is -0.123. The first-order valence-corrected chi connectivity index (χ1v) is 6.46. The Kier molecular flexibility index (Phi) is 3.70. The van der Waals surface area contributed by atoms with Gasteiger partial charge in [-0.05, 0) is 32.6 Å². The van der Waals surface area contributed by atoms with Gasteiger partial charge >= 0.3 is 0 Å².